The number of rotatable bonds is 4. The Morgan fingerprint density at radius 3 is 2.31 bits per heavy atom. The Hall–Kier alpha value is -1.62. The standard InChI is InChI=1S/C8H8F3N3OS/c1-4(8(9,10)11)14-7(16-2)5(3-12)6(13)15/h14H,1H2,2H3,(H2,13,15). The molecule has 88 valence electrons. The molecule has 0 aliphatic carbocycles. The first-order chi connectivity index (χ1) is 7.23. The van der Waals surface area contributed by atoms with E-state index in [0.29, 0.717) is 0 Å². The molecule has 0 unspecified atom stereocenters. The van der Waals surface area contributed by atoms with Gasteiger partial charge in [-0.05, 0) is 6.26 Å². The number of carbonyl (C=O) groups is 1. The number of thioether (sulfide) groups is 1. The summed E-state index contributed by atoms with van der Waals surface area (Å²) in [4.78, 5) is 10.7. The van der Waals surface area contributed by atoms with Crippen molar-refractivity contribution in [3.63, 3.8) is 0 Å². The van der Waals surface area contributed by atoms with Crippen LogP contribution in [0.5, 0.6) is 0 Å². The average molecular weight is 251 g/mol. The van der Waals surface area contributed by atoms with Crippen LogP contribution in [-0.4, -0.2) is 18.3 Å². The molecule has 8 heteroatoms. The van der Waals surface area contributed by atoms with Gasteiger partial charge in [-0.2, -0.15) is 18.4 Å². The first-order valence-electron chi connectivity index (χ1n) is 3.75. The number of primary amides is 1. The number of alkyl halides is 3. The van der Waals surface area contributed by atoms with Crippen LogP contribution in [0.4, 0.5) is 13.2 Å². The topological polar surface area (TPSA) is 78.9 Å². The van der Waals surface area contributed by atoms with Crippen molar-refractivity contribution in [2.75, 3.05) is 6.26 Å². The van der Waals surface area contributed by atoms with Crippen molar-refractivity contribution >= 4 is 17.7 Å². The van der Waals surface area contributed by atoms with E-state index in [1.807, 2.05) is 5.32 Å². The summed E-state index contributed by atoms with van der Waals surface area (Å²) in [6.45, 7) is 2.74. The third-order valence-electron chi connectivity index (χ3n) is 1.40. The minimum Gasteiger partial charge on any atom is -0.365 e. The molecule has 0 spiro atoms. The highest BCUT2D eigenvalue weighted by Crippen LogP contribution is 2.25. The SMILES string of the molecule is C=C(NC(SC)=C(C#N)C(N)=O)C(F)(F)F. The normalized spacial score (nSPS) is 12.4. The van der Waals surface area contributed by atoms with E-state index in [2.05, 4.69) is 6.58 Å². The van der Waals surface area contributed by atoms with Crippen molar-refractivity contribution in [3.8, 4) is 6.07 Å². The Balaban J connectivity index is 5.13. The molecule has 0 radical (unpaired) electrons. The number of nitrogens with two attached hydrogens (primary N) is 1. The largest absolute Gasteiger partial charge is 0.430 e. The van der Waals surface area contributed by atoms with Crippen LogP contribution in [-0.2, 0) is 4.79 Å². The summed E-state index contributed by atoms with van der Waals surface area (Å²) in [5.41, 5.74) is 2.98. The number of halogens is 3. The lowest BCUT2D eigenvalue weighted by Crippen LogP contribution is -2.26. The van der Waals surface area contributed by atoms with Gasteiger partial charge in [-0.15, -0.1) is 11.8 Å². The van der Waals surface area contributed by atoms with E-state index in [1.165, 1.54) is 12.3 Å². The second-order valence-corrected chi connectivity index (χ2v) is 3.30. The summed E-state index contributed by atoms with van der Waals surface area (Å²) in [7, 11) is 0. The maximum Gasteiger partial charge on any atom is 0.430 e. The van der Waals surface area contributed by atoms with Crippen LogP contribution in [0.1, 0.15) is 0 Å². The van der Waals surface area contributed by atoms with Gasteiger partial charge in [-0.1, -0.05) is 6.58 Å². The fourth-order valence-corrected chi connectivity index (χ4v) is 1.22. The zero-order valence-electron chi connectivity index (χ0n) is 8.18. The molecule has 3 N–H and O–H groups in total. The van der Waals surface area contributed by atoms with E-state index >= 15 is 0 Å². The fourth-order valence-electron chi connectivity index (χ4n) is 0.641. The molecule has 0 rings (SSSR count). The van der Waals surface area contributed by atoms with Crippen molar-refractivity contribution in [1.82, 2.24) is 5.32 Å². The van der Waals surface area contributed by atoms with Gasteiger partial charge >= 0.3 is 6.18 Å². The van der Waals surface area contributed by atoms with Gasteiger partial charge in [0.25, 0.3) is 5.91 Å². The third-order valence-corrected chi connectivity index (χ3v) is 2.11. The van der Waals surface area contributed by atoms with Gasteiger partial charge in [0.15, 0.2) is 0 Å². The van der Waals surface area contributed by atoms with Crippen molar-refractivity contribution in [1.29, 1.82) is 5.26 Å². The number of carbonyl (C=O) groups excluding carboxylic acids is 1. The third kappa shape index (κ3) is 3.86. The molecule has 0 saturated heterocycles. The summed E-state index contributed by atoms with van der Waals surface area (Å²) in [5.74, 6) is -1.10. The highest BCUT2D eigenvalue weighted by Gasteiger charge is 2.33. The summed E-state index contributed by atoms with van der Waals surface area (Å²) < 4.78 is 36.4. The molecule has 0 atom stereocenters. The van der Waals surface area contributed by atoms with E-state index in [0.717, 1.165) is 11.8 Å². The highest BCUT2D eigenvalue weighted by molar-refractivity contribution is 8.02. The average Bonchev–Trinajstić information content (AvgIpc) is 2.14. The predicted octanol–water partition coefficient (Wildman–Crippen LogP) is 1.24. The van der Waals surface area contributed by atoms with E-state index in [-0.39, 0.29) is 5.03 Å². The van der Waals surface area contributed by atoms with Crippen LogP contribution in [0.25, 0.3) is 0 Å². The van der Waals surface area contributed by atoms with Crippen molar-refractivity contribution in [2.45, 2.75) is 6.18 Å². The molecule has 0 saturated carbocycles. The number of nitrogens with zero attached hydrogens (tertiary/aromatic N) is 1. The molecule has 0 aromatic carbocycles. The Bertz CT molecular complexity index is 381. The van der Waals surface area contributed by atoms with Crippen molar-refractivity contribution in [3.05, 3.63) is 22.9 Å². The smallest absolute Gasteiger partial charge is 0.365 e. The molecule has 1 amide bonds. The molecule has 0 aliphatic rings. The molecular weight excluding hydrogens is 243 g/mol. The van der Waals surface area contributed by atoms with E-state index in [4.69, 9.17) is 11.0 Å². The minimum absolute atomic E-state index is 0.280. The van der Waals surface area contributed by atoms with E-state index in [9.17, 15) is 18.0 Å². The fraction of sp³-hybridized carbons (Fsp3) is 0.250. The number of hydrogen-bond donors (Lipinski definition) is 2. The minimum atomic E-state index is -4.65. The van der Waals surface area contributed by atoms with Gasteiger partial charge in [0.05, 0.1) is 5.03 Å². The van der Waals surface area contributed by atoms with Crippen LogP contribution >= 0.6 is 11.8 Å². The van der Waals surface area contributed by atoms with E-state index in [1.54, 1.807) is 0 Å². The lowest BCUT2D eigenvalue weighted by molar-refractivity contribution is -0.114. The van der Waals surface area contributed by atoms with E-state index < -0.39 is 23.4 Å². The molecule has 0 bridgehead atoms. The van der Waals surface area contributed by atoms with Crippen molar-refractivity contribution < 1.29 is 18.0 Å². The number of nitrogens with one attached hydrogen (secondary N) is 1. The zero-order chi connectivity index (χ0) is 12.9. The number of hydrogen-bond acceptors (Lipinski definition) is 4. The maximum atomic E-state index is 12.1. The lowest BCUT2D eigenvalue weighted by atomic mass is 10.3. The van der Waals surface area contributed by atoms with Gasteiger partial charge in [0.2, 0.25) is 0 Å². The number of amides is 1. The molecule has 0 fully saturated rings. The van der Waals surface area contributed by atoms with Gasteiger partial charge in [0, 0.05) is 0 Å². The second kappa shape index (κ2) is 5.46. The second-order valence-electron chi connectivity index (χ2n) is 2.49. The molecule has 16 heavy (non-hydrogen) atoms. The number of allylic oxidation sites excluding steroid dienone is 1. The molecule has 0 aromatic heterocycles. The number of nitriles is 1. The summed E-state index contributed by atoms with van der Waals surface area (Å²) >= 11 is 0.760. The highest BCUT2D eigenvalue weighted by atomic mass is 32.2. The maximum absolute atomic E-state index is 12.1. The molecule has 0 aliphatic heterocycles. The summed E-state index contributed by atoms with van der Waals surface area (Å²) in [5, 5.41) is 10.1. The molecule has 0 heterocycles. The summed E-state index contributed by atoms with van der Waals surface area (Å²) in [6.07, 6.45) is -3.26. The first-order valence-corrected chi connectivity index (χ1v) is 4.97. The molecular formula is C8H8F3N3OS. The molecule has 0 aromatic rings. The van der Waals surface area contributed by atoms with Gasteiger partial charge in [-0.3, -0.25) is 4.79 Å². The van der Waals surface area contributed by atoms with Crippen LogP contribution < -0.4 is 11.1 Å². The summed E-state index contributed by atoms with van der Waals surface area (Å²) in [6, 6.07) is 1.42. The Morgan fingerprint density at radius 2 is 2.06 bits per heavy atom. The van der Waals surface area contributed by atoms with Crippen LogP contribution in [0, 0.1) is 11.3 Å². The van der Waals surface area contributed by atoms with Crippen LogP contribution in [0.15, 0.2) is 22.9 Å². The van der Waals surface area contributed by atoms with Gasteiger partial charge in [0.1, 0.15) is 17.3 Å². The Labute approximate surface area is 94.0 Å². The van der Waals surface area contributed by atoms with Crippen LogP contribution in [0.3, 0.4) is 0 Å². The van der Waals surface area contributed by atoms with Crippen LogP contribution in [0.2, 0.25) is 0 Å². The Morgan fingerprint density at radius 1 is 1.56 bits per heavy atom. The first kappa shape index (κ1) is 14.4. The molecule has 4 nitrogen and oxygen atoms in total. The van der Waals surface area contributed by atoms with Gasteiger partial charge < -0.3 is 11.1 Å². The van der Waals surface area contributed by atoms with Crippen molar-refractivity contribution in [2.24, 2.45) is 5.73 Å². The lowest BCUT2D eigenvalue weighted by Gasteiger charge is -2.14. The van der Waals surface area contributed by atoms with Gasteiger partial charge in [-0.25, -0.2) is 0 Å². The monoisotopic (exact) mass is 251 g/mol. The zero-order valence-corrected chi connectivity index (χ0v) is 9.00. The Kier molecular flexibility index (Phi) is 4.91. The predicted molar refractivity (Wildman–Crippen MR) is 53.7 cm³/mol. The quantitative estimate of drug-likeness (QED) is 0.582.